The van der Waals surface area contributed by atoms with E-state index in [2.05, 4.69) is 29.4 Å². The summed E-state index contributed by atoms with van der Waals surface area (Å²) in [4.78, 5) is 15.7. The molecule has 5 heteroatoms. The second kappa shape index (κ2) is 6.33. The van der Waals surface area contributed by atoms with Gasteiger partial charge in [-0.25, -0.2) is 9.78 Å². The second-order valence-electron chi connectivity index (χ2n) is 4.09. The summed E-state index contributed by atoms with van der Waals surface area (Å²) in [5, 5.41) is 3.98. The van der Waals surface area contributed by atoms with E-state index in [1.54, 1.807) is 12.4 Å². The SMILES string of the molecule is CCOC(=O)c1ncsc1NCc1cccc(C)c1. The van der Waals surface area contributed by atoms with Gasteiger partial charge in [-0.1, -0.05) is 29.8 Å². The first-order chi connectivity index (χ1) is 9.20. The highest BCUT2D eigenvalue weighted by Crippen LogP contribution is 2.22. The number of aryl methyl sites for hydroxylation is 1. The van der Waals surface area contributed by atoms with Gasteiger partial charge in [0.15, 0.2) is 5.69 Å². The molecule has 1 aromatic carbocycles. The van der Waals surface area contributed by atoms with Gasteiger partial charge in [-0.3, -0.25) is 0 Å². The maximum absolute atomic E-state index is 11.7. The fraction of sp³-hybridized carbons (Fsp3) is 0.286. The number of aromatic nitrogens is 1. The molecule has 0 spiro atoms. The molecule has 0 bridgehead atoms. The van der Waals surface area contributed by atoms with E-state index in [1.165, 1.54) is 22.5 Å². The Morgan fingerprint density at radius 1 is 1.47 bits per heavy atom. The molecule has 0 amide bonds. The van der Waals surface area contributed by atoms with E-state index in [9.17, 15) is 4.79 Å². The summed E-state index contributed by atoms with van der Waals surface area (Å²) < 4.78 is 4.96. The highest BCUT2D eigenvalue weighted by molar-refractivity contribution is 7.14. The van der Waals surface area contributed by atoms with Gasteiger partial charge in [-0.05, 0) is 19.4 Å². The van der Waals surface area contributed by atoms with E-state index in [4.69, 9.17) is 4.74 Å². The molecule has 19 heavy (non-hydrogen) atoms. The average Bonchev–Trinajstić information content (AvgIpc) is 2.85. The van der Waals surface area contributed by atoms with E-state index in [0.29, 0.717) is 18.8 Å². The van der Waals surface area contributed by atoms with Crippen molar-refractivity contribution in [3.05, 3.63) is 46.6 Å². The Labute approximate surface area is 116 Å². The Balaban J connectivity index is 2.04. The summed E-state index contributed by atoms with van der Waals surface area (Å²) in [6.45, 7) is 4.86. The number of thiazole rings is 1. The van der Waals surface area contributed by atoms with Gasteiger partial charge >= 0.3 is 5.97 Å². The molecular formula is C14H16N2O2S. The van der Waals surface area contributed by atoms with E-state index in [0.717, 1.165) is 5.00 Å². The van der Waals surface area contributed by atoms with Crippen LogP contribution in [0.15, 0.2) is 29.8 Å². The molecule has 2 rings (SSSR count). The molecule has 2 aromatic rings. The van der Waals surface area contributed by atoms with Crippen LogP contribution in [-0.2, 0) is 11.3 Å². The Morgan fingerprint density at radius 3 is 3.05 bits per heavy atom. The van der Waals surface area contributed by atoms with Gasteiger partial charge in [0.2, 0.25) is 0 Å². The first-order valence-electron chi connectivity index (χ1n) is 6.10. The highest BCUT2D eigenvalue weighted by atomic mass is 32.1. The molecule has 100 valence electrons. The zero-order valence-electron chi connectivity index (χ0n) is 11.0. The van der Waals surface area contributed by atoms with Gasteiger partial charge in [0.1, 0.15) is 5.00 Å². The molecule has 0 saturated carbocycles. The van der Waals surface area contributed by atoms with Gasteiger partial charge in [0, 0.05) is 6.54 Å². The smallest absolute Gasteiger partial charge is 0.360 e. The number of nitrogens with one attached hydrogen (secondary N) is 1. The van der Waals surface area contributed by atoms with E-state index in [1.807, 2.05) is 12.1 Å². The zero-order valence-corrected chi connectivity index (χ0v) is 11.8. The molecule has 1 aromatic heterocycles. The fourth-order valence-electron chi connectivity index (χ4n) is 1.72. The third-order valence-electron chi connectivity index (χ3n) is 2.57. The van der Waals surface area contributed by atoms with Crippen LogP contribution in [0, 0.1) is 6.92 Å². The summed E-state index contributed by atoms with van der Waals surface area (Å²) in [6.07, 6.45) is 0. The Hall–Kier alpha value is -1.88. The van der Waals surface area contributed by atoms with Gasteiger partial charge in [-0.15, -0.1) is 11.3 Å². The van der Waals surface area contributed by atoms with E-state index >= 15 is 0 Å². The van der Waals surface area contributed by atoms with Crippen molar-refractivity contribution < 1.29 is 9.53 Å². The molecule has 0 unspecified atom stereocenters. The van der Waals surface area contributed by atoms with Crippen molar-refractivity contribution in [1.29, 1.82) is 0 Å². The highest BCUT2D eigenvalue weighted by Gasteiger charge is 2.15. The molecule has 0 fully saturated rings. The molecule has 1 heterocycles. The predicted octanol–water partition coefficient (Wildman–Crippen LogP) is 3.24. The number of hydrogen-bond acceptors (Lipinski definition) is 5. The maximum Gasteiger partial charge on any atom is 0.360 e. The standard InChI is InChI=1S/C14H16N2O2S/c1-3-18-14(17)12-13(19-9-16-12)15-8-11-6-4-5-10(2)7-11/h4-7,9,15H,3,8H2,1-2H3. The number of carbonyl (C=O) groups excluding carboxylic acids is 1. The van der Waals surface area contributed by atoms with Gasteiger partial charge < -0.3 is 10.1 Å². The maximum atomic E-state index is 11.7. The molecule has 0 aliphatic rings. The van der Waals surface area contributed by atoms with Crippen molar-refractivity contribution in [2.75, 3.05) is 11.9 Å². The molecule has 0 aliphatic heterocycles. The number of anilines is 1. The van der Waals surface area contributed by atoms with Gasteiger partial charge in [0.05, 0.1) is 12.1 Å². The number of rotatable bonds is 5. The number of nitrogens with zero attached hydrogens (tertiary/aromatic N) is 1. The van der Waals surface area contributed by atoms with Gasteiger partial charge in [-0.2, -0.15) is 0 Å². The normalized spacial score (nSPS) is 10.2. The van der Waals surface area contributed by atoms with Crippen LogP contribution in [0.1, 0.15) is 28.5 Å². The van der Waals surface area contributed by atoms with Crippen LogP contribution in [0.5, 0.6) is 0 Å². The monoisotopic (exact) mass is 276 g/mol. The molecular weight excluding hydrogens is 260 g/mol. The largest absolute Gasteiger partial charge is 0.461 e. The Morgan fingerprint density at radius 2 is 2.32 bits per heavy atom. The third kappa shape index (κ3) is 3.54. The topological polar surface area (TPSA) is 51.2 Å². The third-order valence-corrected chi connectivity index (χ3v) is 3.36. The van der Waals surface area contributed by atoms with Crippen molar-refractivity contribution in [2.45, 2.75) is 20.4 Å². The summed E-state index contributed by atoms with van der Waals surface area (Å²) in [7, 11) is 0. The number of carbonyl (C=O) groups is 1. The fourth-order valence-corrected chi connectivity index (χ4v) is 2.39. The lowest BCUT2D eigenvalue weighted by molar-refractivity contribution is 0.0521. The van der Waals surface area contributed by atoms with E-state index in [-0.39, 0.29) is 5.97 Å². The number of esters is 1. The molecule has 1 N–H and O–H groups in total. The lowest BCUT2D eigenvalue weighted by atomic mass is 10.1. The van der Waals surface area contributed by atoms with Crippen LogP contribution < -0.4 is 5.32 Å². The first kappa shape index (κ1) is 13.5. The van der Waals surface area contributed by atoms with Crippen molar-refractivity contribution in [1.82, 2.24) is 4.98 Å². The van der Waals surface area contributed by atoms with Crippen molar-refractivity contribution in [3.8, 4) is 0 Å². The second-order valence-corrected chi connectivity index (χ2v) is 4.95. The summed E-state index contributed by atoms with van der Waals surface area (Å²) >= 11 is 1.40. The Bertz CT molecular complexity index is 566. The zero-order chi connectivity index (χ0) is 13.7. The van der Waals surface area contributed by atoms with Crippen molar-refractivity contribution in [3.63, 3.8) is 0 Å². The summed E-state index contributed by atoms with van der Waals surface area (Å²) in [6, 6.07) is 8.23. The lowest BCUT2D eigenvalue weighted by Gasteiger charge is -2.06. The Kier molecular flexibility index (Phi) is 4.52. The molecule has 0 aliphatic carbocycles. The minimum absolute atomic E-state index is 0.355. The minimum Gasteiger partial charge on any atom is -0.461 e. The molecule has 4 nitrogen and oxygen atoms in total. The van der Waals surface area contributed by atoms with Crippen molar-refractivity contribution >= 4 is 22.3 Å². The van der Waals surface area contributed by atoms with Crippen LogP contribution in [0.2, 0.25) is 0 Å². The van der Waals surface area contributed by atoms with Crippen LogP contribution in [0.25, 0.3) is 0 Å². The average molecular weight is 276 g/mol. The first-order valence-corrected chi connectivity index (χ1v) is 6.98. The quantitative estimate of drug-likeness (QED) is 0.852. The summed E-state index contributed by atoms with van der Waals surface area (Å²) in [5.74, 6) is -0.379. The minimum atomic E-state index is -0.379. The molecule has 0 saturated heterocycles. The number of benzene rings is 1. The van der Waals surface area contributed by atoms with Crippen LogP contribution in [-0.4, -0.2) is 17.6 Å². The lowest BCUT2D eigenvalue weighted by Crippen LogP contribution is -2.09. The predicted molar refractivity (Wildman–Crippen MR) is 76.6 cm³/mol. The van der Waals surface area contributed by atoms with E-state index < -0.39 is 0 Å². The van der Waals surface area contributed by atoms with Crippen LogP contribution in [0.3, 0.4) is 0 Å². The summed E-state index contributed by atoms with van der Waals surface area (Å²) in [5.41, 5.74) is 4.39. The van der Waals surface area contributed by atoms with Crippen LogP contribution in [0.4, 0.5) is 5.00 Å². The molecule has 0 atom stereocenters. The number of ether oxygens (including phenoxy) is 1. The van der Waals surface area contributed by atoms with Crippen LogP contribution >= 0.6 is 11.3 Å². The number of hydrogen-bond donors (Lipinski definition) is 1. The van der Waals surface area contributed by atoms with Crippen molar-refractivity contribution in [2.24, 2.45) is 0 Å². The molecule has 0 radical (unpaired) electrons. The van der Waals surface area contributed by atoms with Gasteiger partial charge in [0.25, 0.3) is 0 Å².